The van der Waals surface area contributed by atoms with E-state index in [4.69, 9.17) is 4.74 Å². The van der Waals surface area contributed by atoms with Gasteiger partial charge in [0.15, 0.2) is 0 Å². The summed E-state index contributed by atoms with van der Waals surface area (Å²) in [6.07, 6.45) is 2.19. The topological polar surface area (TPSA) is 37.9 Å². The van der Waals surface area contributed by atoms with Crippen LogP contribution in [0.5, 0.6) is 5.75 Å². The van der Waals surface area contributed by atoms with Gasteiger partial charge in [-0.15, -0.1) is 0 Å². The maximum atomic E-state index is 5.22. The Labute approximate surface area is 102 Å². The third-order valence-electron chi connectivity index (χ3n) is 3.90. The van der Waals surface area contributed by atoms with Crippen molar-refractivity contribution in [1.29, 1.82) is 0 Å². The molecule has 0 unspecified atom stereocenters. The van der Waals surface area contributed by atoms with Gasteiger partial charge < -0.3 is 4.74 Å². The van der Waals surface area contributed by atoms with Gasteiger partial charge in [-0.3, -0.25) is 5.10 Å². The number of hydrogen-bond acceptors (Lipinski definition) is 2. The highest BCUT2D eigenvalue weighted by Crippen LogP contribution is 2.35. The molecule has 3 nitrogen and oxygen atoms in total. The minimum atomic E-state index is 0.146. The van der Waals surface area contributed by atoms with Crippen LogP contribution < -0.4 is 4.74 Å². The van der Waals surface area contributed by atoms with Crippen molar-refractivity contribution in [3.05, 3.63) is 23.9 Å². The molecule has 0 amide bonds. The zero-order valence-corrected chi connectivity index (χ0v) is 11.0. The van der Waals surface area contributed by atoms with Gasteiger partial charge in [-0.05, 0) is 25.0 Å². The van der Waals surface area contributed by atoms with Gasteiger partial charge in [0.25, 0.3) is 0 Å². The Kier molecular flexibility index (Phi) is 3.09. The molecule has 92 valence electrons. The fraction of sp³-hybridized carbons (Fsp3) is 0.500. The van der Waals surface area contributed by atoms with Crippen LogP contribution in [0.25, 0.3) is 10.9 Å². The maximum Gasteiger partial charge on any atom is 0.121 e. The molecule has 1 heterocycles. The lowest BCUT2D eigenvalue weighted by atomic mass is 9.80. The molecule has 1 N–H and O–H groups in total. The fourth-order valence-electron chi connectivity index (χ4n) is 2.17. The first-order valence-electron chi connectivity index (χ1n) is 6.17. The van der Waals surface area contributed by atoms with Crippen molar-refractivity contribution in [1.82, 2.24) is 10.2 Å². The molecule has 0 saturated heterocycles. The van der Waals surface area contributed by atoms with Crippen LogP contribution in [0.3, 0.4) is 0 Å². The summed E-state index contributed by atoms with van der Waals surface area (Å²) < 4.78 is 5.22. The molecule has 0 spiro atoms. The molecule has 0 aliphatic carbocycles. The predicted octanol–water partition coefficient (Wildman–Crippen LogP) is 3.65. The highest BCUT2D eigenvalue weighted by atomic mass is 16.5. The van der Waals surface area contributed by atoms with Crippen molar-refractivity contribution in [2.24, 2.45) is 0 Å². The number of nitrogens with zero attached hydrogens (tertiary/aromatic N) is 1. The number of benzene rings is 1. The summed E-state index contributed by atoms with van der Waals surface area (Å²) in [5.74, 6) is 0.863. The molecule has 0 aliphatic rings. The minimum absolute atomic E-state index is 0.146. The Bertz CT molecular complexity index is 512. The monoisotopic (exact) mass is 232 g/mol. The lowest BCUT2D eigenvalue weighted by Gasteiger charge is -2.24. The van der Waals surface area contributed by atoms with Crippen LogP contribution in [0.1, 0.15) is 39.3 Å². The third kappa shape index (κ3) is 1.90. The molecule has 0 bridgehead atoms. The zero-order valence-electron chi connectivity index (χ0n) is 11.0. The van der Waals surface area contributed by atoms with E-state index >= 15 is 0 Å². The van der Waals surface area contributed by atoms with E-state index in [0.717, 1.165) is 24.1 Å². The molecule has 1 aromatic heterocycles. The second-order valence-electron chi connectivity index (χ2n) is 4.75. The van der Waals surface area contributed by atoms with Gasteiger partial charge in [-0.1, -0.05) is 20.8 Å². The number of aromatic amines is 1. The number of fused-ring (bicyclic) bond motifs is 1. The van der Waals surface area contributed by atoms with Crippen molar-refractivity contribution in [2.75, 3.05) is 7.11 Å². The molecule has 3 heteroatoms. The number of aromatic nitrogens is 2. The van der Waals surface area contributed by atoms with Gasteiger partial charge >= 0.3 is 0 Å². The first kappa shape index (κ1) is 12.0. The molecule has 2 aromatic rings. The van der Waals surface area contributed by atoms with E-state index in [1.807, 2.05) is 12.1 Å². The largest absolute Gasteiger partial charge is 0.497 e. The second kappa shape index (κ2) is 4.40. The Morgan fingerprint density at radius 3 is 2.59 bits per heavy atom. The second-order valence-corrected chi connectivity index (χ2v) is 4.75. The average Bonchev–Trinajstić information content (AvgIpc) is 2.81. The summed E-state index contributed by atoms with van der Waals surface area (Å²) >= 11 is 0. The fourth-order valence-corrected chi connectivity index (χ4v) is 2.17. The molecule has 17 heavy (non-hydrogen) atoms. The van der Waals surface area contributed by atoms with Crippen molar-refractivity contribution < 1.29 is 4.74 Å². The lowest BCUT2D eigenvalue weighted by Crippen LogP contribution is -2.20. The summed E-state index contributed by atoms with van der Waals surface area (Å²) in [5.41, 5.74) is 2.36. The predicted molar refractivity (Wildman–Crippen MR) is 70.6 cm³/mol. The first-order valence-corrected chi connectivity index (χ1v) is 6.17. The molecule has 0 aliphatic heterocycles. The van der Waals surface area contributed by atoms with Gasteiger partial charge in [0.2, 0.25) is 0 Å². The SMILES string of the molecule is CCC(C)(CC)c1n[nH]c2cc(OC)ccc12. The van der Waals surface area contributed by atoms with Gasteiger partial charge in [0, 0.05) is 16.9 Å². The number of methoxy groups -OCH3 is 1. The summed E-state index contributed by atoms with van der Waals surface area (Å²) in [7, 11) is 1.68. The maximum absolute atomic E-state index is 5.22. The number of H-pyrrole nitrogens is 1. The highest BCUT2D eigenvalue weighted by molar-refractivity contribution is 5.83. The Morgan fingerprint density at radius 1 is 1.29 bits per heavy atom. The summed E-state index contributed by atoms with van der Waals surface area (Å²) in [4.78, 5) is 0. The highest BCUT2D eigenvalue weighted by Gasteiger charge is 2.27. The van der Waals surface area contributed by atoms with E-state index in [-0.39, 0.29) is 5.41 Å². The summed E-state index contributed by atoms with van der Waals surface area (Å²) in [5, 5.41) is 8.82. The quantitative estimate of drug-likeness (QED) is 0.873. The zero-order chi connectivity index (χ0) is 12.5. The van der Waals surface area contributed by atoms with Crippen molar-refractivity contribution in [2.45, 2.75) is 39.0 Å². The van der Waals surface area contributed by atoms with E-state index in [2.05, 4.69) is 37.0 Å². The molecule has 0 saturated carbocycles. The Hall–Kier alpha value is -1.51. The van der Waals surface area contributed by atoms with Crippen LogP contribution in [0, 0.1) is 0 Å². The van der Waals surface area contributed by atoms with Crippen molar-refractivity contribution in [3.8, 4) is 5.75 Å². The molecular formula is C14H20N2O. The van der Waals surface area contributed by atoms with Crippen LogP contribution in [0.15, 0.2) is 18.2 Å². The molecule has 0 atom stereocenters. The number of ether oxygens (including phenoxy) is 1. The molecule has 0 fully saturated rings. The van der Waals surface area contributed by atoms with Crippen LogP contribution in [0.2, 0.25) is 0 Å². The van der Waals surface area contributed by atoms with E-state index in [1.165, 1.54) is 11.1 Å². The lowest BCUT2D eigenvalue weighted by molar-refractivity contribution is 0.415. The van der Waals surface area contributed by atoms with E-state index < -0.39 is 0 Å². The van der Waals surface area contributed by atoms with E-state index in [1.54, 1.807) is 7.11 Å². The molecular weight excluding hydrogens is 212 g/mol. The van der Waals surface area contributed by atoms with Crippen LogP contribution in [-0.2, 0) is 5.41 Å². The van der Waals surface area contributed by atoms with Gasteiger partial charge in [0.05, 0.1) is 18.3 Å². The van der Waals surface area contributed by atoms with Gasteiger partial charge in [-0.25, -0.2) is 0 Å². The van der Waals surface area contributed by atoms with Gasteiger partial charge in [0.1, 0.15) is 5.75 Å². The minimum Gasteiger partial charge on any atom is -0.497 e. The van der Waals surface area contributed by atoms with Crippen LogP contribution in [-0.4, -0.2) is 17.3 Å². The first-order chi connectivity index (χ1) is 8.14. The molecule has 1 aromatic carbocycles. The van der Waals surface area contributed by atoms with Crippen LogP contribution in [0.4, 0.5) is 0 Å². The smallest absolute Gasteiger partial charge is 0.121 e. The Morgan fingerprint density at radius 2 is 2.00 bits per heavy atom. The number of hydrogen-bond donors (Lipinski definition) is 1. The van der Waals surface area contributed by atoms with Gasteiger partial charge in [-0.2, -0.15) is 5.10 Å². The van der Waals surface area contributed by atoms with E-state index in [9.17, 15) is 0 Å². The normalized spacial score (nSPS) is 12.0. The van der Waals surface area contributed by atoms with Crippen molar-refractivity contribution >= 4 is 10.9 Å². The molecule has 0 radical (unpaired) electrons. The average molecular weight is 232 g/mol. The third-order valence-corrected chi connectivity index (χ3v) is 3.90. The van der Waals surface area contributed by atoms with E-state index in [0.29, 0.717) is 0 Å². The Balaban J connectivity index is 2.57. The number of rotatable bonds is 4. The van der Waals surface area contributed by atoms with Crippen molar-refractivity contribution in [3.63, 3.8) is 0 Å². The summed E-state index contributed by atoms with van der Waals surface area (Å²) in [6, 6.07) is 6.08. The number of nitrogens with one attached hydrogen (secondary N) is 1. The van der Waals surface area contributed by atoms with Crippen LogP contribution >= 0.6 is 0 Å². The summed E-state index contributed by atoms with van der Waals surface area (Å²) in [6.45, 7) is 6.70. The standard InChI is InChI=1S/C14H20N2O/c1-5-14(3,6-2)13-11-8-7-10(17-4)9-12(11)15-16-13/h7-9H,5-6H2,1-4H3,(H,15,16). The molecule has 2 rings (SSSR count).